The van der Waals surface area contributed by atoms with Crippen LogP contribution in [-0.2, 0) is 9.59 Å². The molecule has 1 saturated heterocycles. The molecule has 7 heteroatoms. The Morgan fingerprint density at radius 3 is 2.45 bits per heavy atom. The first-order valence-electron chi connectivity index (χ1n) is 11.7. The summed E-state index contributed by atoms with van der Waals surface area (Å²) in [6.07, 6.45) is 2.68. The normalized spacial score (nSPS) is 43.2. The summed E-state index contributed by atoms with van der Waals surface area (Å²) in [6, 6.07) is -0.874. The zero-order valence-corrected chi connectivity index (χ0v) is 18.8. The van der Waals surface area contributed by atoms with Crippen molar-refractivity contribution in [2.45, 2.75) is 90.4 Å². The highest BCUT2D eigenvalue weighted by molar-refractivity contribution is 5.80. The van der Waals surface area contributed by atoms with Gasteiger partial charge in [0.15, 0.2) is 0 Å². The van der Waals surface area contributed by atoms with E-state index in [-0.39, 0.29) is 34.6 Å². The maximum absolute atomic E-state index is 13.1. The first-order valence-corrected chi connectivity index (χ1v) is 11.7. The molecule has 8 atom stereocenters. The number of carbonyl (C=O) groups excluding carboxylic acids is 2. The summed E-state index contributed by atoms with van der Waals surface area (Å²) in [5.41, 5.74) is -0.974. The quantitative estimate of drug-likeness (QED) is 0.623. The molecule has 31 heavy (non-hydrogen) atoms. The Morgan fingerprint density at radius 2 is 1.77 bits per heavy atom. The maximum atomic E-state index is 13.1. The Hall–Kier alpha value is -1.53. The number of carbonyl (C=O) groups is 2. The van der Waals surface area contributed by atoms with E-state index in [9.17, 15) is 22.8 Å². The molecule has 3 aliphatic carbocycles. The fraction of sp³-hybridized carbons (Fsp3) is 0.833. The second-order valence-corrected chi connectivity index (χ2v) is 11.0. The van der Waals surface area contributed by atoms with Crippen molar-refractivity contribution < 1.29 is 22.8 Å². The Morgan fingerprint density at radius 1 is 1.10 bits per heavy atom. The molecule has 0 aromatic rings. The van der Waals surface area contributed by atoms with E-state index >= 15 is 0 Å². The molecule has 0 spiro atoms. The summed E-state index contributed by atoms with van der Waals surface area (Å²) < 4.78 is 38.9. The van der Waals surface area contributed by atoms with Gasteiger partial charge >= 0.3 is 6.18 Å². The number of amides is 2. The van der Waals surface area contributed by atoms with E-state index in [4.69, 9.17) is 0 Å². The van der Waals surface area contributed by atoms with Gasteiger partial charge in [0.25, 0.3) is 0 Å². The van der Waals surface area contributed by atoms with E-state index < -0.39 is 17.8 Å². The average molecular weight is 441 g/mol. The van der Waals surface area contributed by atoms with Crippen molar-refractivity contribution in [3.63, 3.8) is 0 Å². The molecule has 4 aliphatic rings. The maximum Gasteiger partial charge on any atom is 0.414 e. The van der Waals surface area contributed by atoms with Crippen LogP contribution in [-0.4, -0.2) is 30.1 Å². The van der Waals surface area contributed by atoms with E-state index in [1.54, 1.807) is 0 Å². The molecule has 1 aliphatic heterocycles. The van der Waals surface area contributed by atoms with Crippen molar-refractivity contribution in [1.29, 1.82) is 0 Å². The molecule has 0 radical (unpaired) electrons. The highest BCUT2D eigenvalue weighted by Gasteiger charge is 2.61. The number of halogens is 3. The molecule has 4 nitrogen and oxygen atoms in total. The van der Waals surface area contributed by atoms with E-state index in [1.807, 2.05) is 0 Å². The van der Waals surface area contributed by atoms with Crippen LogP contribution in [0, 0.1) is 34.5 Å². The van der Waals surface area contributed by atoms with Crippen LogP contribution in [0.15, 0.2) is 12.2 Å². The summed E-state index contributed by atoms with van der Waals surface area (Å²) in [6.45, 7) is 9.02. The minimum atomic E-state index is -4.50. The Kier molecular flexibility index (Phi) is 5.49. The van der Waals surface area contributed by atoms with Gasteiger partial charge in [0.2, 0.25) is 11.8 Å². The number of fused-ring (bicyclic) bond motifs is 5. The highest BCUT2D eigenvalue weighted by atomic mass is 19.4. The summed E-state index contributed by atoms with van der Waals surface area (Å²) in [5, 5.41) is 5.84. The summed E-state index contributed by atoms with van der Waals surface area (Å²) in [7, 11) is 0. The van der Waals surface area contributed by atoms with Crippen LogP contribution in [0.4, 0.5) is 13.2 Å². The molecule has 0 bridgehead atoms. The Labute approximate surface area is 182 Å². The van der Waals surface area contributed by atoms with Gasteiger partial charge in [-0.1, -0.05) is 20.4 Å². The van der Waals surface area contributed by atoms with Gasteiger partial charge in [-0.25, -0.2) is 0 Å². The van der Waals surface area contributed by atoms with Gasteiger partial charge in [-0.2, -0.15) is 13.2 Å². The van der Waals surface area contributed by atoms with Crippen LogP contribution in [0.5, 0.6) is 0 Å². The van der Waals surface area contributed by atoms with Gasteiger partial charge < -0.3 is 10.6 Å². The number of nitrogens with one attached hydrogen (secondary N) is 2. The van der Waals surface area contributed by atoms with Crippen molar-refractivity contribution >= 4 is 11.8 Å². The van der Waals surface area contributed by atoms with Crippen molar-refractivity contribution in [2.24, 2.45) is 34.5 Å². The van der Waals surface area contributed by atoms with E-state index in [0.717, 1.165) is 44.9 Å². The molecule has 3 saturated carbocycles. The number of hydrogen-bond acceptors (Lipinski definition) is 2. The number of hydrogen-bond donors (Lipinski definition) is 2. The number of rotatable bonds is 3. The fourth-order valence-corrected chi connectivity index (χ4v) is 7.78. The van der Waals surface area contributed by atoms with Gasteiger partial charge in [0, 0.05) is 24.0 Å². The van der Waals surface area contributed by atoms with Crippen LogP contribution in [0.25, 0.3) is 0 Å². The molecular weight excluding hydrogens is 405 g/mol. The van der Waals surface area contributed by atoms with E-state index in [2.05, 4.69) is 31.1 Å². The summed E-state index contributed by atoms with van der Waals surface area (Å²) >= 11 is 0. The molecule has 1 unspecified atom stereocenters. The van der Waals surface area contributed by atoms with Gasteiger partial charge in [-0.05, 0) is 80.5 Å². The fourth-order valence-electron chi connectivity index (χ4n) is 7.78. The molecule has 2 amide bonds. The van der Waals surface area contributed by atoms with Crippen molar-refractivity contribution in [3.05, 3.63) is 12.2 Å². The first kappa shape index (κ1) is 22.7. The SMILES string of the molecule is C=C(C(C)NC(=O)[C@H]1CC[C@H]2[C@@H]3CC[C@H]4NC(=O)CC[C@]4(C)[C@H]3CC[C@]12C)C(F)(F)F. The Bertz CT molecular complexity index is 781. The first-order chi connectivity index (χ1) is 14.4. The van der Waals surface area contributed by atoms with Gasteiger partial charge in [-0.15, -0.1) is 0 Å². The van der Waals surface area contributed by atoms with E-state index in [0.29, 0.717) is 24.2 Å². The molecular formula is C24H35F3N2O2. The second-order valence-electron chi connectivity index (χ2n) is 11.0. The topological polar surface area (TPSA) is 58.2 Å². The third kappa shape index (κ3) is 3.60. The standard InChI is InChI=1S/C24H35F3N2O2/c1-13(24(25,26)27)14(2)28-21(31)18-7-6-16-15-5-8-19-23(4,12-10-20(30)29-19)17(15)9-11-22(16,18)3/h14-19H,1,5-12H2,2-4H3,(H,28,31)(H,29,30)/t14?,15-,16-,17-,18+,19+,22-,23+/m0/s1. The summed E-state index contributed by atoms with van der Waals surface area (Å²) in [4.78, 5) is 25.0. The monoisotopic (exact) mass is 440 g/mol. The molecule has 1 heterocycles. The minimum absolute atomic E-state index is 0.109. The molecule has 4 rings (SSSR count). The molecule has 0 aromatic carbocycles. The van der Waals surface area contributed by atoms with Gasteiger partial charge in [-0.3, -0.25) is 9.59 Å². The smallest absolute Gasteiger partial charge is 0.353 e. The van der Waals surface area contributed by atoms with Crippen LogP contribution in [0.3, 0.4) is 0 Å². The molecule has 4 fully saturated rings. The Balaban J connectivity index is 1.49. The second kappa shape index (κ2) is 7.51. The third-order valence-corrected chi connectivity index (χ3v) is 9.66. The lowest BCUT2D eigenvalue weighted by Crippen LogP contribution is -2.61. The lowest BCUT2D eigenvalue weighted by atomic mass is 9.47. The van der Waals surface area contributed by atoms with Crippen molar-refractivity contribution in [2.75, 3.05) is 0 Å². The van der Waals surface area contributed by atoms with Crippen LogP contribution in [0.2, 0.25) is 0 Å². The molecule has 0 aromatic heterocycles. The number of piperidine rings is 1. The zero-order valence-electron chi connectivity index (χ0n) is 18.8. The highest BCUT2D eigenvalue weighted by Crippen LogP contribution is 2.65. The van der Waals surface area contributed by atoms with Gasteiger partial charge in [0.05, 0.1) is 6.04 Å². The van der Waals surface area contributed by atoms with Crippen LogP contribution < -0.4 is 10.6 Å². The van der Waals surface area contributed by atoms with Crippen molar-refractivity contribution in [3.8, 4) is 0 Å². The van der Waals surface area contributed by atoms with Crippen molar-refractivity contribution in [1.82, 2.24) is 10.6 Å². The lowest BCUT2D eigenvalue weighted by molar-refractivity contribution is -0.142. The molecule has 2 N–H and O–H groups in total. The largest absolute Gasteiger partial charge is 0.414 e. The average Bonchev–Trinajstić information content (AvgIpc) is 3.04. The number of alkyl halides is 3. The third-order valence-electron chi connectivity index (χ3n) is 9.66. The van der Waals surface area contributed by atoms with E-state index in [1.165, 1.54) is 6.92 Å². The zero-order chi connectivity index (χ0) is 22.8. The lowest BCUT2D eigenvalue weighted by Gasteiger charge is -2.60. The van der Waals surface area contributed by atoms with Gasteiger partial charge in [0.1, 0.15) is 0 Å². The van der Waals surface area contributed by atoms with Crippen LogP contribution >= 0.6 is 0 Å². The molecule has 174 valence electrons. The predicted molar refractivity (Wildman–Crippen MR) is 112 cm³/mol. The summed E-state index contributed by atoms with van der Waals surface area (Å²) in [5.74, 6) is 1.13. The predicted octanol–water partition coefficient (Wildman–Crippen LogP) is 4.75. The minimum Gasteiger partial charge on any atom is -0.353 e. The van der Waals surface area contributed by atoms with Crippen LogP contribution in [0.1, 0.15) is 72.1 Å².